The summed E-state index contributed by atoms with van der Waals surface area (Å²) < 4.78 is 0. The molecule has 0 saturated carbocycles. The summed E-state index contributed by atoms with van der Waals surface area (Å²) in [7, 11) is 0. The molecule has 2 amide bonds. The van der Waals surface area contributed by atoms with Crippen molar-refractivity contribution in [2.75, 3.05) is 5.32 Å². The van der Waals surface area contributed by atoms with Gasteiger partial charge >= 0.3 is 0 Å². The second-order valence-corrected chi connectivity index (χ2v) is 6.42. The molecule has 0 unspecified atom stereocenters. The fraction of sp³-hybridized carbons (Fsp3) is 0.0435. The molecule has 3 rings (SSSR count). The van der Waals surface area contributed by atoms with E-state index in [9.17, 15) is 19.7 Å². The van der Waals surface area contributed by atoms with E-state index in [1.165, 1.54) is 24.3 Å². The summed E-state index contributed by atoms with van der Waals surface area (Å²) in [5, 5.41) is 16.3. The van der Waals surface area contributed by atoms with Crippen molar-refractivity contribution in [3.8, 4) is 0 Å². The SMILES string of the molecule is O=C(/C=C/c1cccc([N+](=O)[O-])c1)Nc1ccc(C(=O)NCc2ccccc2)cc1. The molecule has 0 spiro atoms. The van der Waals surface area contributed by atoms with E-state index in [-0.39, 0.29) is 17.5 Å². The van der Waals surface area contributed by atoms with Crippen molar-refractivity contribution in [2.24, 2.45) is 0 Å². The van der Waals surface area contributed by atoms with Crippen LogP contribution in [-0.4, -0.2) is 16.7 Å². The van der Waals surface area contributed by atoms with Crippen molar-refractivity contribution in [1.82, 2.24) is 5.32 Å². The Morgan fingerprint density at radius 1 is 0.933 bits per heavy atom. The third-order valence-corrected chi connectivity index (χ3v) is 4.22. The number of rotatable bonds is 7. The molecule has 0 atom stereocenters. The number of hydrogen-bond acceptors (Lipinski definition) is 4. The molecule has 2 N–H and O–H groups in total. The Morgan fingerprint density at radius 2 is 1.67 bits per heavy atom. The maximum Gasteiger partial charge on any atom is 0.270 e. The lowest BCUT2D eigenvalue weighted by Gasteiger charge is -2.07. The van der Waals surface area contributed by atoms with Gasteiger partial charge in [-0.2, -0.15) is 0 Å². The van der Waals surface area contributed by atoms with E-state index in [4.69, 9.17) is 0 Å². The number of nitro groups is 1. The van der Waals surface area contributed by atoms with Gasteiger partial charge in [-0.25, -0.2) is 0 Å². The Morgan fingerprint density at radius 3 is 2.37 bits per heavy atom. The smallest absolute Gasteiger partial charge is 0.270 e. The molecule has 0 aromatic heterocycles. The summed E-state index contributed by atoms with van der Waals surface area (Å²) in [4.78, 5) is 34.6. The van der Waals surface area contributed by atoms with Gasteiger partial charge in [-0.1, -0.05) is 42.5 Å². The molecule has 0 aliphatic rings. The molecule has 0 bridgehead atoms. The van der Waals surface area contributed by atoms with Crippen LogP contribution in [0.15, 0.2) is 84.9 Å². The van der Waals surface area contributed by atoms with E-state index in [2.05, 4.69) is 10.6 Å². The molecule has 3 aromatic rings. The Kier molecular flexibility index (Phi) is 6.68. The molecular weight excluding hydrogens is 382 g/mol. The van der Waals surface area contributed by atoms with Gasteiger partial charge in [0.05, 0.1) is 4.92 Å². The van der Waals surface area contributed by atoms with Crippen molar-refractivity contribution in [2.45, 2.75) is 6.54 Å². The highest BCUT2D eigenvalue weighted by atomic mass is 16.6. The maximum atomic E-state index is 12.2. The quantitative estimate of drug-likeness (QED) is 0.352. The average Bonchev–Trinajstić information content (AvgIpc) is 2.77. The number of carbonyl (C=O) groups excluding carboxylic acids is 2. The lowest BCUT2D eigenvalue weighted by Crippen LogP contribution is -2.22. The highest BCUT2D eigenvalue weighted by molar-refractivity contribution is 6.02. The zero-order valence-electron chi connectivity index (χ0n) is 15.9. The van der Waals surface area contributed by atoms with E-state index in [1.807, 2.05) is 30.3 Å². The van der Waals surface area contributed by atoms with Gasteiger partial charge in [0, 0.05) is 36.0 Å². The monoisotopic (exact) mass is 401 g/mol. The van der Waals surface area contributed by atoms with E-state index in [1.54, 1.807) is 36.4 Å². The van der Waals surface area contributed by atoms with E-state index in [0.29, 0.717) is 23.4 Å². The van der Waals surface area contributed by atoms with Crippen LogP contribution in [0.2, 0.25) is 0 Å². The minimum Gasteiger partial charge on any atom is -0.348 e. The molecule has 0 heterocycles. The van der Waals surface area contributed by atoms with Gasteiger partial charge in [0.25, 0.3) is 11.6 Å². The van der Waals surface area contributed by atoms with E-state index in [0.717, 1.165) is 5.56 Å². The zero-order chi connectivity index (χ0) is 21.3. The van der Waals surface area contributed by atoms with Gasteiger partial charge < -0.3 is 10.6 Å². The van der Waals surface area contributed by atoms with Crippen LogP contribution in [0.4, 0.5) is 11.4 Å². The largest absolute Gasteiger partial charge is 0.348 e. The Balaban J connectivity index is 1.54. The minimum absolute atomic E-state index is 0.0429. The van der Waals surface area contributed by atoms with Crippen molar-refractivity contribution >= 4 is 29.3 Å². The first-order valence-electron chi connectivity index (χ1n) is 9.17. The first kappa shape index (κ1) is 20.5. The molecule has 0 radical (unpaired) electrons. The predicted molar refractivity (Wildman–Crippen MR) is 115 cm³/mol. The van der Waals surface area contributed by atoms with Crippen LogP contribution in [0.1, 0.15) is 21.5 Å². The first-order chi connectivity index (χ1) is 14.5. The molecule has 0 saturated heterocycles. The second-order valence-electron chi connectivity index (χ2n) is 6.42. The predicted octanol–water partition coefficient (Wildman–Crippen LogP) is 4.18. The number of amides is 2. The van der Waals surface area contributed by atoms with Gasteiger partial charge in [0.15, 0.2) is 0 Å². The third kappa shape index (κ3) is 5.87. The second kappa shape index (κ2) is 9.79. The molecule has 3 aromatic carbocycles. The number of carbonyl (C=O) groups is 2. The number of anilines is 1. The average molecular weight is 401 g/mol. The van der Waals surface area contributed by atoms with Crippen LogP contribution < -0.4 is 10.6 Å². The highest BCUT2D eigenvalue weighted by Crippen LogP contribution is 2.15. The van der Waals surface area contributed by atoms with E-state index < -0.39 is 4.92 Å². The Bertz CT molecular complexity index is 1080. The summed E-state index contributed by atoms with van der Waals surface area (Å²) in [6.07, 6.45) is 2.78. The van der Waals surface area contributed by atoms with Crippen molar-refractivity contribution in [1.29, 1.82) is 0 Å². The number of nitro benzene ring substituents is 1. The van der Waals surface area contributed by atoms with Gasteiger partial charge in [0.2, 0.25) is 5.91 Å². The third-order valence-electron chi connectivity index (χ3n) is 4.22. The number of hydrogen-bond donors (Lipinski definition) is 2. The Labute approximate surface area is 173 Å². The van der Waals surface area contributed by atoms with Crippen LogP contribution in [0, 0.1) is 10.1 Å². The maximum absolute atomic E-state index is 12.2. The van der Waals surface area contributed by atoms with Crippen molar-refractivity contribution in [3.63, 3.8) is 0 Å². The summed E-state index contributed by atoms with van der Waals surface area (Å²) in [5.74, 6) is -0.593. The van der Waals surface area contributed by atoms with Crippen LogP contribution in [0.5, 0.6) is 0 Å². The van der Waals surface area contributed by atoms with Gasteiger partial charge in [-0.05, 0) is 41.5 Å². The van der Waals surface area contributed by atoms with Crippen LogP contribution in [0.25, 0.3) is 6.08 Å². The van der Waals surface area contributed by atoms with Gasteiger partial charge in [-0.15, -0.1) is 0 Å². The molecule has 0 aliphatic heterocycles. The summed E-state index contributed by atoms with van der Waals surface area (Å²) in [5.41, 5.74) is 2.52. The normalized spacial score (nSPS) is 10.5. The molecule has 150 valence electrons. The topological polar surface area (TPSA) is 101 Å². The summed E-state index contributed by atoms with van der Waals surface area (Å²) in [6, 6.07) is 22.1. The van der Waals surface area contributed by atoms with Crippen molar-refractivity contribution < 1.29 is 14.5 Å². The van der Waals surface area contributed by atoms with E-state index >= 15 is 0 Å². The molecule has 7 nitrogen and oxygen atoms in total. The zero-order valence-corrected chi connectivity index (χ0v) is 15.9. The standard InChI is InChI=1S/C23H19N3O4/c27-22(14-9-17-7-4-8-21(15-17)26(29)30)25-20-12-10-19(11-13-20)23(28)24-16-18-5-2-1-3-6-18/h1-15H,16H2,(H,24,28)(H,25,27)/b14-9+. The van der Waals surface area contributed by atoms with Gasteiger partial charge in [0.1, 0.15) is 0 Å². The molecule has 7 heteroatoms. The molecular formula is C23H19N3O4. The lowest BCUT2D eigenvalue weighted by molar-refractivity contribution is -0.384. The fourth-order valence-corrected chi connectivity index (χ4v) is 2.68. The van der Waals surface area contributed by atoms with Crippen LogP contribution in [0.3, 0.4) is 0 Å². The highest BCUT2D eigenvalue weighted by Gasteiger charge is 2.07. The molecule has 30 heavy (non-hydrogen) atoms. The minimum atomic E-state index is -0.491. The number of benzene rings is 3. The number of non-ortho nitro benzene ring substituents is 1. The molecule has 0 fully saturated rings. The van der Waals surface area contributed by atoms with Crippen molar-refractivity contribution in [3.05, 3.63) is 112 Å². The number of nitrogens with one attached hydrogen (secondary N) is 2. The number of nitrogens with zero attached hydrogens (tertiary/aromatic N) is 1. The summed E-state index contributed by atoms with van der Waals surface area (Å²) in [6.45, 7) is 0.431. The van der Waals surface area contributed by atoms with Crippen LogP contribution >= 0.6 is 0 Å². The van der Waals surface area contributed by atoms with Gasteiger partial charge in [-0.3, -0.25) is 19.7 Å². The summed E-state index contributed by atoms with van der Waals surface area (Å²) >= 11 is 0. The van der Waals surface area contributed by atoms with Crippen LogP contribution in [-0.2, 0) is 11.3 Å². The lowest BCUT2D eigenvalue weighted by atomic mass is 10.1. The first-order valence-corrected chi connectivity index (χ1v) is 9.17. The fourth-order valence-electron chi connectivity index (χ4n) is 2.68. The molecule has 0 aliphatic carbocycles. The Hall–Kier alpha value is -4.26.